The smallest absolute Gasteiger partial charge is 0.222 e. The highest BCUT2D eigenvalue weighted by atomic mass is 32.1. The average molecular weight is 476 g/mol. The summed E-state index contributed by atoms with van der Waals surface area (Å²) in [7, 11) is 0. The van der Waals surface area contributed by atoms with E-state index in [-0.39, 0.29) is 17.4 Å². The van der Waals surface area contributed by atoms with E-state index in [9.17, 15) is 14.7 Å². The number of ketones is 1. The van der Waals surface area contributed by atoms with Crippen LogP contribution >= 0.6 is 11.3 Å². The number of nitrogens with zero attached hydrogens (tertiary/aromatic N) is 1. The Balaban J connectivity index is 1.32. The molecule has 1 saturated carbocycles. The molecule has 34 heavy (non-hydrogen) atoms. The predicted molar refractivity (Wildman–Crippen MR) is 138 cm³/mol. The van der Waals surface area contributed by atoms with E-state index in [1.54, 1.807) is 23.5 Å². The molecule has 5 rings (SSSR count). The summed E-state index contributed by atoms with van der Waals surface area (Å²) in [6.45, 7) is 1.82. The molecule has 0 atom stereocenters. The first-order valence-electron chi connectivity index (χ1n) is 12.8. The van der Waals surface area contributed by atoms with Crippen molar-refractivity contribution in [1.29, 1.82) is 0 Å². The highest BCUT2D eigenvalue weighted by molar-refractivity contribution is 7.19. The van der Waals surface area contributed by atoms with Crippen molar-refractivity contribution in [2.45, 2.75) is 70.1 Å². The zero-order valence-corrected chi connectivity index (χ0v) is 20.5. The number of thiophene rings is 1. The monoisotopic (exact) mass is 475 g/mol. The lowest BCUT2D eigenvalue weighted by Crippen LogP contribution is -2.27. The Bertz CT molecular complexity index is 1170. The molecule has 5 heteroatoms. The Labute approximate surface area is 205 Å². The summed E-state index contributed by atoms with van der Waals surface area (Å²) >= 11 is 1.68. The van der Waals surface area contributed by atoms with Gasteiger partial charge in [0.2, 0.25) is 5.91 Å². The van der Waals surface area contributed by atoms with Gasteiger partial charge in [-0.1, -0.05) is 43.5 Å². The number of carbonyl (C=O) groups is 2. The molecular weight excluding hydrogens is 442 g/mol. The summed E-state index contributed by atoms with van der Waals surface area (Å²) in [5.41, 5.74) is 2.70. The van der Waals surface area contributed by atoms with Gasteiger partial charge in [0.25, 0.3) is 0 Å². The van der Waals surface area contributed by atoms with Crippen LogP contribution in [-0.2, 0) is 11.2 Å². The maximum atomic E-state index is 13.7. The Kier molecular flexibility index (Phi) is 7.00. The van der Waals surface area contributed by atoms with Crippen LogP contribution < -0.4 is 0 Å². The van der Waals surface area contributed by atoms with Gasteiger partial charge in [-0.25, -0.2) is 0 Å². The molecule has 2 aliphatic rings. The normalized spacial score (nSPS) is 16.9. The van der Waals surface area contributed by atoms with E-state index < -0.39 is 0 Å². The highest BCUT2D eigenvalue weighted by Gasteiger charge is 2.27. The third-order valence-electron chi connectivity index (χ3n) is 7.43. The van der Waals surface area contributed by atoms with Crippen LogP contribution in [0.4, 0.5) is 0 Å². The van der Waals surface area contributed by atoms with Crippen molar-refractivity contribution in [1.82, 2.24) is 4.90 Å². The van der Waals surface area contributed by atoms with E-state index in [2.05, 4.69) is 0 Å². The second kappa shape index (κ2) is 10.3. The van der Waals surface area contributed by atoms with Crippen molar-refractivity contribution in [2.24, 2.45) is 0 Å². The lowest BCUT2D eigenvalue weighted by molar-refractivity contribution is -0.130. The maximum Gasteiger partial charge on any atom is 0.222 e. The molecule has 3 aromatic rings. The van der Waals surface area contributed by atoms with Gasteiger partial charge >= 0.3 is 0 Å². The first kappa shape index (κ1) is 23.1. The Morgan fingerprint density at radius 2 is 1.68 bits per heavy atom. The zero-order chi connectivity index (χ0) is 23.5. The number of likely N-dealkylation sites (tertiary alicyclic amines) is 1. The molecule has 1 amide bonds. The van der Waals surface area contributed by atoms with Crippen LogP contribution in [0.3, 0.4) is 0 Å². The van der Waals surface area contributed by atoms with Crippen molar-refractivity contribution in [2.75, 3.05) is 13.1 Å². The van der Waals surface area contributed by atoms with Crippen molar-refractivity contribution in [3.63, 3.8) is 0 Å². The molecule has 1 saturated heterocycles. The van der Waals surface area contributed by atoms with E-state index >= 15 is 0 Å². The third kappa shape index (κ3) is 4.90. The molecule has 1 aliphatic heterocycles. The Morgan fingerprint density at radius 1 is 0.941 bits per heavy atom. The number of aryl methyl sites for hydroxylation is 1. The summed E-state index contributed by atoms with van der Waals surface area (Å²) in [6, 6.07) is 13.3. The third-order valence-corrected chi connectivity index (χ3v) is 8.75. The molecule has 1 N–H and O–H groups in total. The molecule has 2 heterocycles. The number of rotatable bonds is 7. The van der Waals surface area contributed by atoms with E-state index in [1.807, 2.05) is 35.2 Å². The van der Waals surface area contributed by atoms with Gasteiger partial charge in [-0.15, -0.1) is 11.3 Å². The first-order chi connectivity index (χ1) is 16.6. The summed E-state index contributed by atoms with van der Waals surface area (Å²) in [5, 5.41) is 10.9. The van der Waals surface area contributed by atoms with Gasteiger partial charge in [-0.2, -0.15) is 0 Å². The number of phenolic OH excluding ortho intramolecular Hbond substituents is 1. The fourth-order valence-corrected chi connectivity index (χ4v) is 6.93. The highest BCUT2D eigenvalue weighted by Crippen LogP contribution is 2.44. The van der Waals surface area contributed by atoms with Gasteiger partial charge in [0.05, 0.1) is 0 Å². The molecule has 178 valence electrons. The lowest BCUT2D eigenvalue weighted by atomic mass is 9.85. The molecule has 0 radical (unpaired) electrons. The van der Waals surface area contributed by atoms with E-state index in [4.69, 9.17) is 0 Å². The minimum Gasteiger partial charge on any atom is -0.508 e. The topological polar surface area (TPSA) is 57.6 Å². The molecule has 0 spiro atoms. The second-order valence-corrected chi connectivity index (χ2v) is 10.9. The minimum absolute atomic E-state index is 0.0771. The van der Waals surface area contributed by atoms with Crippen LogP contribution in [-0.4, -0.2) is 34.8 Å². The number of hydrogen-bond acceptors (Lipinski definition) is 4. The molecule has 0 unspecified atom stereocenters. The van der Waals surface area contributed by atoms with E-state index in [1.165, 1.54) is 29.7 Å². The van der Waals surface area contributed by atoms with Crippen LogP contribution in [0.25, 0.3) is 10.1 Å². The van der Waals surface area contributed by atoms with Crippen LogP contribution in [0, 0.1) is 0 Å². The van der Waals surface area contributed by atoms with Crippen molar-refractivity contribution >= 4 is 33.1 Å². The van der Waals surface area contributed by atoms with Gasteiger partial charge < -0.3 is 10.0 Å². The Morgan fingerprint density at radius 3 is 2.41 bits per heavy atom. The lowest BCUT2D eigenvalue weighted by Gasteiger charge is -2.21. The second-order valence-electron chi connectivity index (χ2n) is 9.82. The maximum absolute atomic E-state index is 13.7. The molecule has 1 aliphatic carbocycles. The van der Waals surface area contributed by atoms with E-state index in [0.29, 0.717) is 17.9 Å². The summed E-state index contributed by atoms with van der Waals surface area (Å²) in [6.07, 6.45) is 10.5. The summed E-state index contributed by atoms with van der Waals surface area (Å²) < 4.78 is 0.989. The predicted octanol–water partition coefficient (Wildman–Crippen LogP) is 6.83. The number of phenols is 1. The number of aromatic hydroxyl groups is 1. The van der Waals surface area contributed by atoms with Crippen LogP contribution in [0.15, 0.2) is 42.5 Å². The molecule has 2 fully saturated rings. The molecule has 4 nitrogen and oxygen atoms in total. The number of amides is 1. The van der Waals surface area contributed by atoms with Crippen molar-refractivity contribution < 1.29 is 14.7 Å². The fraction of sp³-hybridized carbons (Fsp3) is 0.448. The number of carbonyl (C=O) groups excluding carboxylic acids is 2. The Hall–Kier alpha value is -2.66. The number of hydrogen-bond donors (Lipinski definition) is 1. The van der Waals surface area contributed by atoms with Gasteiger partial charge in [0.1, 0.15) is 5.75 Å². The SMILES string of the molecule is O=C(c1ccc(CCCC(=O)N2CCCC2)cc1)c1c(C2CCCCC2)sc2cc(O)ccc12. The van der Waals surface area contributed by atoms with E-state index in [0.717, 1.165) is 67.3 Å². The molecule has 2 aromatic carbocycles. The average Bonchev–Trinajstić information content (AvgIpc) is 3.53. The zero-order valence-electron chi connectivity index (χ0n) is 19.7. The summed E-state index contributed by atoms with van der Waals surface area (Å²) in [5.74, 6) is 1.03. The minimum atomic E-state index is 0.0771. The van der Waals surface area contributed by atoms with Gasteiger partial charge in [-0.05, 0) is 68.2 Å². The summed E-state index contributed by atoms with van der Waals surface area (Å²) in [4.78, 5) is 29.2. The quantitative estimate of drug-likeness (QED) is 0.381. The number of benzene rings is 2. The van der Waals surface area contributed by atoms with Crippen molar-refractivity contribution in [3.05, 3.63) is 64.0 Å². The molecule has 1 aromatic heterocycles. The fourth-order valence-electron chi connectivity index (χ4n) is 5.53. The van der Waals surface area contributed by atoms with Crippen LogP contribution in [0.1, 0.15) is 90.1 Å². The van der Waals surface area contributed by atoms with Crippen LogP contribution in [0.5, 0.6) is 5.75 Å². The standard InChI is InChI=1S/C29H33NO3S/c31-23-15-16-24-25(19-23)34-29(22-8-2-1-3-9-22)27(24)28(33)21-13-11-20(12-14-21)7-6-10-26(32)30-17-4-5-18-30/h11-16,19,22,31H,1-10,17-18H2. The first-order valence-corrected chi connectivity index (χ1v) is 13.6. The number of fused-ring (bicyclic) bond motifs is 1. The van der Waals surface area contributed by atoms with Gasteiger partial charge in [0, 0.05) is 45.6 Å². The van der Waals surface area contributed by atoms with Crippen LogP contribution in [0.2, 0.25) is 0 Å². The molecule has 0 bridgehead atoms. The van der Waals surface area contributed by atoms with Gasteiger partial charge in [-0.3, -0.25) is 9.59 Å². The van der Waals surface area contributed by atoms with Crippen molar-refractivity contribution in [3.8, 4) is 5.75 Å². The largest absolute Gasteiger partial charge is 0.508 e. The molecular formula is C29H33NO3S. The van der Waals surface area contributed by atoms with Gasteiger partial charge in [0.15, 0.2) is 5.78 Å².